The van der Waals surface area contributed by atoms with Crippen LogP contribution in [-0.2, 0) is 0 Å². The summed E-state index contributed by atoms with van der Waals surface area (Å²) >= 11 is 0. The molecule has 5 rings (SSSR count). The maximum absolute atomic E-state index is 12.7. The SMILES string of the molecule is O=C1c2ccccc2-c2cc3c(cc21)C1C=CC=CC1C3=O. The second-order valence-corrected chi connectivity index (χ2v) is 6.05. The lowest BCUT2D eigenvalue weighted by atomic mass is 9.88. The molecule has 0 saturated carbocycles. The van der Waals surface area contributed by atoms with Gasteiger partial charge in [0.05, 0.1) is 5.92 Å². The van der Waals surface area contributed by atoms with E-state index < -0.39 is 0 Å². The molecule has 0 amide bonds. The molecule has 2 aromatic carbocycles. The monoisotopic (exact) mass is 284 g/mol. The van der Waals surface area contributed by atoms with E-state index in [9.17, 15) is 9.59 Å². The predicted octanol–water partition coefficient (Wildman–Crippen LogP) is 3.92. The molecule has 0 aromatic heterocycles. The summed E-state index contributed by atoms with van der Waals surface area (Å²) in [7, 11) is 0. The zero-order valence-corrected chi connectivity index (χ0v) is 11.7. The molecule has 2 unspecified atom stereocenters. The summed E-state index contributed by atoms with van der Waals surface area (Å²) in [5.41, 5.74) is 5.09. The van der Waals surface area contributed by atoms with Crippen LogP contribution in [0.1, 0.15) is 37.8 Å². The van der Waals surface area contributed by atoms with Crippen molar-refractivity contribution in [2.24, 2.45) is 5.92 Å². The first-order valence-corrected chi connectivity index (χ1v) is 7.47. The minimum atomic E-state index is -0.104. The minimum absolute atomic E-state index is 0.0691. The lowest BCUT2D eigenvalue weighted by molar-refractivity contribution is 0.0954. The van der Waals surface area contributed by atoms with Gasteiger partial charge in [0.1, 0.15) is 0 Å². The van der Waals surface area contributed by atoms with Crippen molar-refractivity contribution in [3.63, 3.8) is 0 Å². The highest BCUT2D eigenvalue weighted by atomic mass is 16.1. The molecule has 22 heavy (non-hydrogen) atoms. The van der Waals surface area contributed by atoms with Crippen LogP contribution in [0.3, 0.4) is 0 Å². The second kappa shape index (κ2) is 3.92. The molecule has 3 aliphatic carbocycles. The van der Waals surface area contributed by atoms with Gasteiger partial charge in [-0.3, -0.25) is 9.59 Å². The highest BCUT2D eigenvalue weighted by molar-refractivity contribution is 6.23. The molecule has 0 N–H and O–H groups in total. The fraction of sp³-hybridized carbons (Fsp3) is 0.100. The largest absolute Gasteiger partial charge is 0.293 e. The van der Waals surface area contributed by atoms with Crippen LogP contribution < -0.4 is 0 Å². The standard InChI is InChI=1S/C20H12O2/c21-19-13-7-3-1-5-11(13)15-9-18-16(10-17(15)19)12-6-2-4-8-14(12)20(18)22/h1-11,13H. The Morgan fingerprint density at radius 1 is 0.682 bits per heavy atom. The maximum Gasteiger partial charge on any atom is 0.194 e. The van der Waals surface area contributed by atoms with Crippen LogP contribution in [0.25, 0.3) is 11.1 Å². The van der Waals surface area contributed by atoms with Crippen molar-refractivity contribution in [3.8, 4) is 11.1 Å². The van der Waals surface area contributed by atoms with E-state index in [1.807, 2.05) is 54.6 Å². The van der Waals surface area contributed by atoms with Gasteiger partial charge >= 0.3 is 0 Å². The maximum atomic E-state index is 12.7. The van der Waals surface area contributed by atoms with E-state index in [-0.39, 0.29) is 23.4 Å². The average molecular weight is 284 g/mol. The Labute approximate surface area is 127 Å². The van der Waals surface area contributed by atoms with Crippen molar-refractivity contribution < 1.29 is 9.59 Å². The third-order valence-electron chi connectivity index (χ3n) is 4.96. The van der Waals surface area contributed by atoms with Gasteiger partial charge in [-0.05, 0) is 28.8 Å². The molecule has 0 fully saturated rings. The molecule has 104 valence electrons. The van der Waals surface area contributed by atoms with Gasteiger partial charge in [0, 0.05) is 22.6 Å². The number of carbonyl (C=O) groups excluding carboxylic acids is 2. The summed E-state index contributed by atoms with van der Waals surface area (Å²) in [5, 5.41) is 0. The highest BCUT2D eigenvalue weighted by Gasteiger charge is 2.40. The quantitative estimate of drug-likeness (QED) is 0.627. The molecule has 2 atom stereocenters. The molecular weight excluding hydrogens is 272 g/mol. The number of allylic oxidation sites excluding steroid dienone is 4. The van der Waals surface area contributed by atoms with Crippen LogP contribution in [0.5, 0.6) is 0 Å². The topological polar surface area (TPSA) is 34.1 Å². The van der Waals surface area contributed by atoms with Gasteiger partial charge in [-0.2, -0.15) is 0 Å². The average Bonchev–Trinajstić information content (AvgIpc) is 3.01. The number of carbonyl (C=O) groups is 2. The molecular formula is C20H12O2. The molecule has 2 aromatic rings. The number of rotatable bonds is 0. The molecule has 2 heteroatoms. The third kappa shape index (κ3) is 1.30. The summed E-state index contributed by atoms with van der Waals surface area (Å²) in [6.07, 6.45) is 7.94. The van der Waals surface area contributed by atoms with E-state index in [4.69, 9.17) is 0 Å². The van der Waals surface area contributed by atoms with Crippen molar-refractivity contribution in [1.82, 2.24) is 0 Å². The van der Waals surface area contributed by atoms with Crippen molar-refractivity contribution in [3.05, 3.63) is 83.0 Å². The van der Waals surface area contributed by atoms with Gasteiger partial charge in [0.2, 0.25) is 0 Å². The first-order chi connectivity index (χ1) is 10.8. The molecule has 0 saturated heterocycles. The van der Waals surface area contributed by atoms with Crippen LogP contribution in [-0.4, -0.2) is 11.6 Å². The van der Waals surface area contributed by atoms with Crippen molar-refractivity contribution in [2.45, 2.75) is 5.92 Å². The Morgan fingerprint density at radius 2 is 1.41 bits per heavy atom. The number of benzene rings is 2. The van der Waals surface area contributed by atoms with Gasteiger partial charge in [-0.1, -0.05) is 48.6 Å². The number of hydrogen-bond acceptors (Lipinski definition) is 2. The number of ketones is 2. The van der Waals surface area contributed by atoms with E-state index >= 15 is 0 Å². The first kappa shape index (κ1) is 11.9. The van der Waals surface area contributed by atoms with E-state index in [2.05, 4.69) is 6.08 Å². The molecule has 0 aliphatic heterocycles. The summed E-state index contributed by atoms with van der Waals surface area (Å²) in [5.74, 6) is 0.210. The van der Waals surface area contributed by atoms with Crippen molar-refractivity contribution in [1.29, 1.82) is 0 Å². The molecule has 0 radical (unpaired) electrons. The van der Waals surface area contributed by atoms with Crippen LogP contribution in [0, 0.1) is 5.92 Å². The van der Waals surface area contributed by atoms with Gasteiger partial charge in [-0.15, -0.1) is 0 Å². The summed E-state index contributed by atoms with van der Waals surface area (Å²) < 4.78 is 0. The number of hydrogen-bond donors (Lipinski definition) is 0. The summed E-state index contributed by atoms with van der Waals surface area (Å²) in [6, 6.07) is 11.5. The van der Waals surface area contributed by atoms with Gasteiger partial charge in [0.25, 0.3) is 0 Å². The van der Waals surface area contributed by atoms with E-state index in [1.54, 1.807) is 0 Å². The predicted molar refractivity (Wildman–Crippen MR) is 84.2 cm³/mol. The molecule has 0 heterocycles. The van der Waals surface area contributed by atoms with Gasteiger partial charge in [0.15, 0.2) is 11.6 Å². The minimum Gasteiger partial charge on any atom is -0.293 e. The van der Waals surface area contributed by atoms with Crippen molar-refractivity contribution >= 4 is 11.6 Å². The Hall–Kier alpha value is -2.74. The number of fused-ring (bicyclic) bond motifs is 6. The Morgan fingerprint density at radius 3 is 2.23 bits per heavy atom. The van der Waals surface area contributed by atoms with Gasteiger partial charge in [-0.25, -0.2) is 0 Å². The smallest absolute Gasteiger partial charge is 0.194 e. The number of Topliss-reactive ketones (excluding diaryl/α,β-unsaturated/α-hetero) is 1. The van der Waals surface area contributed by atoms with Crippen LogP contribution >= 0.6 is 0 Å². The normalized spacial score (nSPS) is 23.3. The van der Waals surface area contributed by atoms with Gasteiger partial charge < -0.3 is 0 Å². The zero-order valence-electron chi connectivity index (χ0n) is 11.7. The van der Waals surface area contributed by atoms with Crippen LogP contribution in [0.4, 0.5) is 0 Å². The third-order valence-corrected chi connectivity index (χ3v) is 4.96. The zero-order chi connectivity index (χ0) is 14.8. The summed E-state index contributed by atoms with van der Waals surface area (Å²) in [4.78, 5) is 25.3. The second-order valence-electron chi connectivity index (χ2n) is 6.05. The van der Waals surface area contributed by atoms with Crippen LogP contribution in [0.15, 0.2) is 60.7 Å². The Balaban J connectivity index is 1.79. The fourth-order valence-corrected chi connectivity index (χ4v) is 3.91. The Kier molecular flexibility index (Phi) is 2.11. The van der Waals surface area contributed by atoms with E-state index in [0.29, 0.717) is 0 Å². The fourth-order valence-electron chi connectivity index (χ4n) is 3.91. The van der Waals surface area contributed by atoms with Crippen LogP contribution in [0.2, 0.25) is 0 Å². The van der Waals surface area contributed by atoms with E-state index in [0.717, 1.165) is 33.4 Å². The molecule has 0 spiro atoms. The van der Waals surface area contributed by atoms with E-state index in [1.165, 1.54) is 0 Å². The lowest BCUT2D eigenvalue weighted by Gasteiger charge is -2.14. The molecule has 2 nitrogen and oxygen atoms in total. The van der Waals surface area contributed by atoms with Crippen molar-refractivity contribution in [2.75, 3.05) is 0 Å². The first-order valence-electron chi connectivity index (χ1n) is 7.47. The molecule has 0 bridgehead atoms. The lowest BCUT2D eigenvalue weighted by Crippen LogP contribution is -2.10. The summed E-state index contributed by atoms with van der Waals surface area (Å²) in [6.45, 7) is 0. The highest BCUT2D eigenvalue weighted by Crippen LogP contribution is 2.46. The molecule has 3 aliphatic rings. The Bertz CT molecular complexity index is 931.